The van der Waals surface area contributed by atoms with Crippen molar-refractivity contribution in [2.24, 2.45) is 5.10 Å². The molecule has 0 atom stereocenters. The molecule has 0 saturated heterocycles. The molecule has 1 heterocycles. The number of carboxylic acid groups (broad SMARTS) is 1. The number of aromatic carboxylic acids is 1. The van der Waals surface area contributed by atoms with Gasteiger partial charge in [-0.1, -0.05) is 79.2 Å². The normalized spacial score (nSPS) is 11.9. The number of hydrogen-bond acceptors (Lipinski definition) is 5. The molecule has 0 aliphatic carbocycles. The topological polar surface area (TPSA) is 93.8 Å². The Bertz CT molecular complexity index is 1820. The molecular formula is C31H26BrN3O4. The van der Waals surface area contributed by atoms with E-state index < -0.39 is 11.4 Å². The predicted octanol–water partition coefficient (Wildman–Crippen LogP) is 6.77. The zero-order chi connectivity index (χ0) is 27.7. The van der Waals surface area contributed by atoms with Gasteiger partial charge < -0.3 is 9.84 Å². The van der Waals surface area contributed by atoms with Gasteiger partial charge in [0.1, 0.15) is 18.2 Å². The smallest absolute Gasteiger partial charge is 0.335 e. The number of carbonyl (C=O) groups is 1. The van der Waals surface area contributed by atoms with Crippen LogP contribution in [0.4, 0.5) is 0 Å². The van der Waals surface area contributed by atoms with E-state index in [1.807, 2.05) is 75.4 Å². The van der Waals surface area contributed by atoms with Gasteiger partial charge in [0.15, 0.2) is 0 Å². The standard InChI is InChI=1S/C31H26BrN3O4/c1-31(2,3)30-34-26-13-12-22(32)16-24(26)28(36)35(30)33-17-25-23-10-5-4-8-20(23)11-14-27(25)39-18-19-7-6-9-21(15-19)29(37)38/h4-17H,18H2,1-3H3,(H,37,38). The van der Waals surface area contributed by atoms with E-state index in [4.69, 9.17) is 9.72 Å². The van der Waals surface area contributed by atoms with Crippen LogP contribution in [0.1, 0.15) is 48.1 Å². The van der Waals surface area contributed by atoms with Crippen molar-refractivity contribution in [2.75, 3.05) is 0 Å². The Hall–Kier alpha value is -4.30. The molecule has 0 bridgehead atoms. The number of rotatable bonds is 6. The Morgan fingerprint density at radius 2 is 1.82 bits per heavy atom. The first-order chi connectivity index (χ1) is 18.6. The SMILES string of the molecule is CC(C)(C)c1nc2ccc(Br)cc2c(=O)n1N=Cc1c(OCc2cccc(C(=O)O)c2)ccc2ccccc12. The average Bonchev–Trinajstić information content (AvgIpc) is 2.91. The van der Waals surface area contributed by atoms with E-state index in [0.717, 1.165) is 20.8 Å². The molecule has 5 rings (SSSR count). The molecule has 39 heavy (non-hydrogen) atoms. The molecule has 0 unspecified atom stereocenters. The maximum absolute atomic E-state index is 13.6. The van der Waals surface area contributed by atoms with Crippen LogP contribution in [0, 0.1) is 0 Å². The Balaban J connectivity index is 1.62. The van der Waals surface area contributed by atoms with E-state index in [1.54, 1.807) is 30.5 Å². The minimum Gasteiger partial charge on any atom is -0.488 e. The molecule has 196 valence electrons. The first-order valence-corrected chi connectivity index (χ1v) is 13.1. The van der Waals surface area contributed by atoms with Crippen LogP contribution in [-0.2, 0) is 12.0 Å². The van der Waals surface area contributed by atoms with Crippen molar-refractivity contribution >= 4 is 49.8 Å². The van der Waals surface area contributed by atoms with E-state index in [2.05, 4.69) is 21.0 Å². The van der Waals surface area contributed by atoms with Crippen LogP contribution in [-0.4, -0.2) is 27.0 Å². The lowest BCUT2D eigenvalue weighted by Gasteiger charge is -2.21. The molecule has 5 aromatic rings. The van der Waals surface area contributed by atoms with Gasteiger partial charge in [0, 0.05) is 15.5 Å². The maximum atomic E-state index is 13.6. The molecule has 1 aromatic heterocycles. The van der Waals surface area contributed by atoms with Gasteiger partial charge >= 0.3 is 5.97 Å². The highest BCUT2D eigenvalue weighted by Crippen LogP contribution is 2.28. The fourth-order valence-corrected chi connectivity index (χ4v) is 4.71. The third kappa shape index (κ3) is 5.47. The lowest BCUT2D eigenvalue weighted by Crippen LogP contribution is -2.29. The highest BCUT2D eigenvalue weighted by atomic mass is 79.9. The number of hydrogen-bond donors (Lipinski definition) is 1. The minimum atomic E-state index is -0.994. The van der Waals surface area contributed by atoms with Crippen molar-refractivity contribution < 1.29 is 14.6 Å². The zero-order valence-corrected chi connectivity index (χ0v) is 23.3. The lowest BCUT2D eigenvalue weighted by molar-refractivity contribution is 0.0696. The number of fused-ring (bicyclic) bond motifs is 2. The zero-order valence-electron chi connectivity index (χ0n) is 21.7. The lowest BCUT2D eigenvalue weighted by atomic mass is 9.95. The van der Waals surface area contributed by atoms with Crippen LogP contribution in [0.25, 0.3) is 21.7 Å². The monoisotopic (exact) mass is 583 g/mol. The average molecular weight is 584 g/mol. The second kappa shape index (κ2) is 10.5. The number of ether oxygens (including phenoxy) is 1. The summed E-state index contributed by atoms with van der Waals surface area (Å²) in [5.41, 5.74) is 1.50. The summed E-state index contributed by atoms with van der Waals surface area (Å²) in [7, 11) is 0. The number of benzene rings is 4. The number of nitrogens with zero attached hydrogens (tertiary/aromatic N) is 3. The molecule has 7 nitrogen and oxygen atoms in total. The third-order valence-electron chi connectivity index (χ3n) is 6.28. The summed E-state index contributed by atoms with van der Waals surface area (Å²) >= 11 is 3.45. The summed E-state index contributed by atoms with van der Waals surface area (Å²) in [4.78, 5) is 29.8. The first kappa shape index (κ1) is 26.3. The quantitative estimate of drug-likeness (QED) is 0.223. The molecule has 0 aliphatic heterocycles. The second-order valence-corrected chi connectivity index (χ2v) is 11.1. The van der Waals surface area contributed by atoms with Gasteiger partial charge in [-0.15, -0.1) is 0 Å². The first-order valence-electron chi connectivity index (χ1n) is 12.4. The van der Waals surface area contributed by atoms with Gasteiger partial charge in [-0.25, -0.2) is 9.78 Å². The highest BCUT2D eigenvalue weighted by molar-refractivity contribution is 9.10. The molecule has 0 spiro atoms. The molecule has 4 aromatic carbocycles. The summed E-state index contributed by atoms with van der Waals surface area (Å²) in [6.07, 6.45) is 1.63. The van der Waals surface area contributed by atoms with Gasteiger partial charge in [0.2, 0.25) is 0 Å². The van der Waals surface area contributed by atoms with Crippen molar-refractivity contribution in [2.45, 2.75) is 32.8 Å². The Kier molecular flexibility index (Phi) is 7.06. The van der Waals surface area contributed by atoms with E-state index in [9.17, 15) is 14.7 Å². The van der Waals surface area contributed by atoms with Gasteiger partial charge in [-0.05, 0) is 52.7 Å². The number of carboxylic acids is 1. The highest BCUT2D eigenvalue weighted by Gasteiger charge is 2.23. The Morgan fingerprint density at radius 1 is 1.03 bits per heavy atom. The summed E-state index contributed by atoms with van der Waals surface area (Å²) in [5, 5.41) is 16.3. The Labute approximate surface area is 233 Å². The summed E-state index contributed by atoms with van der Waals surface area (Å²) in [6, 6.07) is 23.7. The van der Waals surface area contributed by atoms with E-state index in [1.165, 1.54) is 4.68 Å². The van der Waals surface area contributed by atoms with Crippen molar-refractivity contribution in [3.05, 3.63) is 116 Å². The fraction of sp³-hybridized carbons (Fsp3) is 0.161. The molecule has 0 aliphatic rings. The van der Waals surface area contributed by atoms with Crippen LogP contribution in [0.3, 0.4) is 0 Å². The summed E-state index contributed by atoms with van der Waals surface area (Å²) < 4.78 is 8.31. The van der Waals surface area contributed by atoms with Crippen LogP contribution >= 0.6 is 15.9 Å². The van der Waals surface area contributed by atoms with E-state index in [-0.39, 0.29) is 17.7 Å². The molecule has 8 heteroatoms. The predicted molar refractivity (Wildman–Crippen MR) is 157 cm³/mol. The van der Waals surface area contributed by atoms with E-state index in [0.29, 0.717) is 28.0 Å². The molecule has 0 radical (unpaired) electrons. The van der Waals surface area contributed by atoms with Gasteiger partial charge in [0.05, 0.1) is 22.7 Å². The van der Waals surface area contributed by atoms with Gasteiger partial charge in [-0.3, -0.25) is 4.79 Å². The maximum Gasteiger partial charge on any atom is 0.335 e. The van der Waals surface area contributed by atoms with Crippen molar-refractivity contribution in [3.63, 3.8) is 0 Å². The third-order valence-corrected chi connectivity index (χ3v) is 6.77. The van der Waals surface area contributed by atoms with Gasteiger partial charge in [0.25, 0.3) is 5.56 Å². The van der Waals surface area contributed by atoms with Crippen molar-refractivity contribution in [3.8, 4) is 5.75 Å². The Morgan fingerprint density at radius 3 is 2.59 bits per heavy atom. The van der Waals surface area contributed by atoms with E-state index >= 15 is 0 Å². The van der Waals surface area contributed by atoms with Crippen LogP contribution in [0.5, 0.6) is 5.75 Å². The molecular weight excluding hydrogens is 558 g/mol. The summed E-state index contributed by atoms with van der Waals surface area (Å²) in [5.74, 6) is 0.0956. The molecule has 1 N–H and O–H groups in total. The molecule has 0 amide bonds. The van der Waals surface area contributed by atoms with Crippen LogP contribution in [0.2, 0.25) is 0 Å². The fourth-order valence-electron chi connectivity index (χ4n) is 4.35. The second-order valence-electron chi connectivity index (χ2n) is 10.2. The van der Waals surface area contributed by atoms with Crippen LogP contribution < -0.4 is 10.3 Å². The van der Waals surface area contributed by atoms with Crippen molar-refractivity contribution in [1.29, 1.82) is 0 Å². The number of aromatic nitrogens is 2. The molecule has 0 fully saturated rings. The molecule has 0 saturated carbocycles. The van der Waals surface area contributed by atoms with Crippen molar-refractivity contribution in [1.82, 2.24) is 9.66 Å². The van der Waals surface area contributed by atoms with Crippen LogP contribution in [0.15, 0.2) is 93.2 Å². The summed E-state index contributed by atoms with van der Waals surface area (Å²) in [6.45, 7) is 6.13. The minimum absolute atomic E-state index is 0.166. The largest absolute Gasteiger partial charge is 0.488 e. The number of halogens is 1. The van der Waals surface area contributed by atoms with Gasteiger partial charge in [-0.2, -0.15) is 9.78 Å².